The van der Waals surface area contributed by atoms with Crippen molar-refractivity contribution < 1.29 is 0 Å². The fraction of sp³-hybridized carbons (Fsp3) is 0.833. The minimum atomic E-state index is 0.623. The number of aryl methyl sites for hydroxylation is 2. The van der Waals surface area contributed by atoms with Crippen LogP contribution >= 0.6 is 0 Å². The Hall–Kier alpha value is -0.830. The molecular weight excluding hydrogens is 258 g/mol. The molecule has 1 fully saturated rings. The van der Waals surface area contributed by atoms with E-state index < -0.39 is 0 Å². The van der Waals surface area contributed by atoms with Crippen LogP contribution < -0.4 is 5.32 Å². The molecule has 0 radical (unpaired) electrons. The van der Waals surface area contributed by atoms with Crippen molar-refractivity contribution in [1.82, 2.24) is 15.1 Å². The maximum absolute atomic E-state index is 4.50. The Labute approximate surface area is 130 Å². The average Bonchev–Trinajstić information content (AvgIpc) is 2.81. The quantitative estimate of drug-likeness (QED) is 0.827. The number of nitrogens with zero attached hydrogens (tertiary/aromatic N) is 2. The monoisotopic (exact) mass is 291 g/mol. The first kappa shape index (κ1) is 16.5. The first-order chi connectivity index (χ1) is 10.1. The van der Waals surface area contributed by atoms with Crippen molar-refractivity contribution in [2.45, 2.75) is 71.8 Å². The molecule has 1 saturated carbocycles. The molecule has 0 aromatic carbocycles. The van der Waals surface area contributed by atoms with Crippen LogP contribution in [0.15, 0.2) is 6.07 Å². The zero-order valence-electron chi connectivity index (χ0n) is 14.4. The van der Waals surface area contributed by atoms with Crippen LogP contribution in [-0.4, -0.2) is 22.4 Å². The van der Waals surface area contributed by atoms with Gasteiger partial charge in [0.05, 0.1) is 5.69 Å². The van der Waals surface area contributed by atoms with Gasteiger partial charge in [-0.1, -0.05) is 33.1 Å². The molecule has 1 aromatic rings. The van der Waals surface area contributed by atoms with E-state index >= 15 is 0 Å². The molecule has 3 nitrogen and oxygen atoms in total. The lowest BCUT2D eigenvalue weighted by Crippen LogP contribution is -2.40. The second kappa shape index (κ2) is 7.98. The third kappa shape index (κ3) is 4.57. The molecule has 1 unspecified atom stereocenters. The van der Waals surface area contributed by atoms with Crippen molar-refractivity contribution in [2.75, 3.05) is 6.54 Å². The smallest absolute Gasteiger partial charge is 0.0596 e. The minimum absolute atomic E-state index is 0.623. The van der Waals surface area contributed by atoms with Crippen LogP contribution in [0.3, 0.4) is 0 Å². The Morgan fingerprint density at radius 3 is 2.52 bits per heavy atom. The first-order valence-electron chi connectivity index (χ1n) is 8.86. The molecule has 1 atom stereocenters. The molecule has 1 N–H and O–H groups in total. The highest BCUT2D eigenvalue weighted by Crippen LogP contribution is 2.33. The predicted molar refractivity (Wildman–Crippen MR) is 89.5 cm³/mol. The lowest BCUT2D eigenvalue weighted by Gasteiger charge is -2.34. The van der Waals surface area contributed by atoms with E-state index in [1.165, 1.54) is 44.2 Å². The van der Waals surface area contributed by atoms with Crippen molar-refractivity contribution in [1.29, 1.82) is 0 Å². The van der Waals surface area contributed by atoms with Gasteiger partial charge in [0.2, 0.25) is 0 Å². The number of rotatable bonds is 7. The van der Waals surface area contributed by atoms with Gasteiger partial charge >= 0.3 is 0 Å². The summed E-state index contributed by atoms with van der Waals surface area (Å²) in [5.74, 6) is 1.82. The van der Waals surface area contributed by atoms with E-state index in [0.29, 0.717) is 6.04 Å². The minimum Gasteiger partial charge on any atom is -0.313 e. The largest absolute Gasteiger partial charge is 0.313 e. The van der Waals surface area contributed by atoms with E-state index in [-0.39, 0.29) is 0 Å². The van der Waals surface area contributed by atoms with E-state index in [0.717, 1.165) is 30.5 Å². The Balaban J connectivity index is 1.99. The van der Waals surface area contributed by atoms with Crippen LogP contribution in [0.2, 0.25) is 0 Å². The highest BCUT2D eigenvalue weighted by Gasteiger charge is 2.27. The summed E-state index contributed by atoms with van der Waals surface area (Å²) in [5, 5.41) is 8.32. The second-order valence-corrected chi connectivity index (χ2v) is 6.85. The summed E-state index contributed by atoms with van der Waals surface area (Å²) >= 11 is 0. The Morgan fingerprint density at radius 2 is 2.00 bits per heavy atom. The summed E-state index contributed by atoms with van der Waals surface area (Å²) in [5.41, 5.74) is 2.51. The molecule has 1 aliphatic carbocycles. The van der Waals surface area contributed by atoms with E-state index in [4.69, 9.17) is 0 Å². The van der Waals surface area contributed by atoms with Gasteiger partial charge < -0.3 is 5.32 Å². The molecule has 3 heteroatoms. The van der Waals surface area contributed by atoms with Crippen LogP contribution in [0.5, 0.6) is 0 Å². The molecule has 0 spiro atoms. The summed E-state index contributed by atoms with van der Waals surface area (Å²) in [4.78, 5) is 0. The van der Waals surface area contributed by atoms with E-state index in [1.807, 2.05) is 0 Å². The standard InChI is InChI=1S/C18H33N3/c1-5-11-19-18(13-17-12-14(3)20-21(17)4)16-9-7-15(6-2)8-10-16/h12,15-16,18-19H,5-11,13H2,1-4H3. The molecule has 1 aliphatic rings. The van der Waals surface area contributed by atoms with E-state index in [1.54, 1.807) is 0 Å². The Bertz CT molecular complexity index is 416. The van der Waals surface area contributed by atoms with Crippen LogP contribution in [0.1, 0.15) is 63.8 Å². The first-order valence-corrected chi connectivity index (χ1v) is 8.86. The zero-order valence-corrected chi connectivity index (χ0v) is 14.4. The highest BCUT2D eigenvalue weighted by molar-refractivity contribution is 5.10. The molecule has 21 heavy (non-hydrogen) atoms. The predicted octanol–water partition coefficient (Wildman–Crippen LogP) is 3.86. The molecule has 0 bridgehead atoms. The fourth-order valence-corrected chi connectivity index (χ4v) is 3.81. The van der Waals surface area contributed by atoms with Gasteiger partial charge in [-0.3, -0.25) is 4.68 Å². The molecule has 0 aliphatic heterocycles. The summed E-state index contributed by atoms with van der Waals surface area (Å²) in [7, 11) is 2.08. The van der Waals surface area contributed by atoms with E-state index in [2.05, 4.69) is 49.0 Å². The SMILES string of the molecule is CCCNC(Cc1cc(C)nn1C)C1CCC(CC)CC1. The maximum Gasteiger partial charge on any atom is 0.0596 e. The van der Waals surface area contributed by atoms with Crippen molar-refractivity contribution >= 4 is 0 Å². The van der Waals surface area contributed by atoms with E-state index in [9.17, 15) is 0 Å². The molecule has 1 aromatic heterocycles. The lowest BCUT2D eigenvalue weighted by atomic mass is 9.76. The Morgan fingerprint density at radius 1 is 1.29 bits per heavy atom. The summed E-state index contributed by atoms with van der Waals surface area (Å²) in [6.45, 7) is 7.82. The van der Waals surface area contributed by atoms with Gasteiger partial charge in [0.25, 0.3) is 0 Å². The summed E-state index contributed by atoms with van der Waals surface area (Å²) in [6, 6.07) is 2.87. The summed E-state index contributed by atoms with van der Waals surface area (Å²) in [6.07, 6.45) is 9.35. The van der Waals surface area contributed by atoms with Gasteiger partial charge in [-0.15, -0.1) is 0 Å². The third-order valence-corrected chi connectivity index (χ3v) is 5.22. The van der Waals surface area contributed by atoms with Crippen molar-refractivity contribution in [3.8, 4) is 0 Å². The number of hydrogen-bond donors (Lipinski definition) is 1. The van der Waals surface area contributed by atoms with Crippen LogP contribution in [0.4, 0.5) is 0 Å². The average molecular weight is 291 g/mol. The van der Waals surface area contributed by atoms with Gasteiger partial charge in [-0.05, 0) is 50.6 Å². The third-order valence-electron chi connectivity index (χ3n) is 5.22. The molecule has 2 rings (SSSR count). The fourth-order valence-electron chi connectivity index (χ4n) is 3.81. The molecular formula is C18H33N3. The van der Waals surface area contributed by atoms with Crippen molar-refractivity contribution in [2.24, 2.45) is 18.9 Å². The second-order valence-electron chi connectivity index (χ2n) is 6.85. The maximum atomic E-state index is 4.50. The van der Waals surface area contributed by atoms with Crippen LogP contribution in [-0.2, 0) is 13.5 Å². The van der Waals surface area contributed by atoms with Crippen LogP contribution in [0.25, 0.3) is 0 Å². The Kier molecular flexibility index (Phi) is 6.28. The molecule has 1 heterocycles. The lowest BCUT2D eigenvalue weighted by molar-refractivity contribution is 0.215. The number of nitrogens with one attached hydrogen (secondary N) is 1. The van der Waals surface area contributed by atoms with Crippen LogP contribution in [0, 0.1) is 18.8 Å². The zero-order chi connectivity index (χ0) is 15.2. The molecule has 0 saturated heterocycles. The number of hydrogen-bond acceptors (Lipinski definition) is 2. The molecule has 120 valence electrons. The van der Waals surface area contributed by atoms with Crippen molar-refractivity contribution in [3.05, 3.63) is 17.5 Å². The number of aromatic nitrogens is 2. The van der Waals surface area contributed by atoms with Gasteiger partial charge in [0.1, 0.15) is 0 Å². The highest BCUT2D eigenvalue weighted by atomic mass is 15.3. The van der Waals surface area contributed by atoms with Gasteiger partial charge in [-0.2, -0.15) is 5.10 Å². The normalized spacial score (nSPS) is 24.2. The van der Waals surface area contributed by atoms with Gasteiger partial charge in [0.15, 0.2) is 0 Å². The van der Waals surface area contributed by atoms with Crippen molar-refractivity contribution in [3.63, 3.8) is 0 Å². The summed E-state index contributed by atoms with van der Waals surface area (Å²) < 4.78 is 2.06. The topological polar surface area (TPSA) is 29.9 Å². The van der Waals surface area contributed by atoms with Gasteiger partial charge in [-0.25, -0.2) is 0 Å². The molecule has 0 amide bonds. The van der Waals surface area contributed by atoms with Gasteiger partial charge in [0, 0.05) is 25.2 Å².